The zero-order valence-electron chi connectivity index (χ0n) is 9.86. The van der Waals surface area contributed by atoms with Gasteiger partial charge in [-0.2, -0.15) is 0 Å². The molecule has 1 aliphatic heterocycles. The number of nitrogens with two attached hydrogens (primary N) is 1. The molecule has 3 nitrogen and oxygen atoms in total. The molecule has 0 spiro atoms. The van der Waals surface area contributed by atoms with E-state index in [9.17, 15) is 4.79 Å². The summed E-state index contributed by atoms with van der Waals surface area (Å²) in [5.41, 5.74) is 6.62. The summed E-state index contributed by atoms with van der Waals surface area (Å²) in [6, 6.07) is 2.03. The first kappa shape index (κ1) is 16.4. The molecule has 2 rings (SSSR count). The molecule has 1 aromatic rings. The van der Waals surface area contributed by atoms with Crippen molar-refractivity contribution in [3.8, 4) is 0 Å². The summed E-state index contributed by atoms with van der Waals surface area (Å²) < 4.78 is 1.86. The predicted octanol–water partition coefficient (Wildman–Crippen LogP) is 3.50. The van der Waals surface area contributed by atoms with Gasteiger partial charge >= 0.3 is 0 Å². The fraction of sp³-hybridized carbons (Fsp3) is 0.545. The number of carbonyl (C=O) groups excluding carboxylic acids is 1. The molecular formula is C11H15Br2ClN2OS. The molecule has 2 unspecified atom stereocenters. The second-order valence-electron chi connectivity index (χ2n) is 4.40. The Morgan fingerprint density at radius 2 is 2.28 bits per heavy atom. The number of hydrogen-bond donors (Lipinski definition) is 1. The van der Waals surface area contributed by atoms with E-state index in [1.54, 1.807) is 0 Å². The van der Waals surface area contributed by atoms with Gasteiger partial charge in [0.25, 0.3) is 5.91 Å². The van der Waals surface area contributed by atoms with Gasteiger partial charge in [0.1, 0.15) is 0 Å². The summed E-state index contributed by atoms with van der Waals surface area (Å²) in [5.74, 6) is 0.529. The van der Waals surface area contributed by atoms with Crippen molar-refractivity contribution < 1.29 is 4.79 Å². The van der Waals surface area contributed by atoms with Crippen molar-refractivity contribution in [3.63, 3.8) is 0 Å². The second-order valence-corrected chi connectivity index (χ2v) is 8.15. The Kier molecular flexibility index (Phi) is 6.12. The van der Waals surface area contributed by atoms with Gasteiger partial charge in [0, 0.05) is 19.1 Å². The van der Waals surface area contributed by atoms with Crippen LogP contribution in [-0.2, 0) is 0 Å². The zero-order chi connectivity index (χ0) is 12.6. The molecule has 2 N–H and O–H groups in total. The highest BCUT2D eigenvalue weighted by molar-refractivity contribution is 9.12. The van der Waals surface area contributed by atoms with Gasteiger partial charge in [0.2, 0.25) is 0 Å². The van der Waals surface area contributed by atoms with Crippen LogP contribution in [0.1, 0.15) is 23.7 Å². The van der Waals surface area contributed by atoms with Crippen LogP contribution in [0.2, 0.25) is 0 Å². The lowest BCUT2D eigenvalue weighted by molar-refractivity contribution is 0.0785. The van der Waals surface area contributed by atoms with Crippen LogP contribution in [0, 0.1) is 5.92 Å². The van der Waals surface area contributed by atoms with Gasteiger partial charge in [-0.1, -0.05) is 0 Å². The van der Waals surface area contributed by atoms with Crippen LogP contribution in [0.15, 0.2) is 13.6 Å². The SMILES string of the molecule is CC(N)C1CCN(C(=O)c2cc(Br)sc2Br)C1.Cl. The van der Waals surface area contributed by atoms with Crippen molar-refractivity contribution in [3.05, 3.63) is 19.2 Å². The number of halogens is 3. The van der Waals surface area contributed by atoms with E-state index in [1.165, 1.54) is 11.3 Å². The molecule has 1 saturated heterocycles. The van der Waals surface area contributed by atoms with Crippen molar-refractivity contribution in [2.24, 2.45) is 11.7 Å². The Morgan fingerprint density at radius 3 is 2.72 bits per heavy atom. The maximum Gasteiger partial charge on any atom is 0.255 e. The number of rotatable bonds is 2. The van der Waals surface area contributed by atoms with E-state index in [-0.39, 0.29) is 24.4 Å². The van der Waals surface area contributed by atoms with Crippen molar-refractivity contribution in [1.82, 2.24) is 4.90 Å². The van der Waals surface area contributed by atoms with Crippen LogP contribution in [0.25, 0.3) is 0 Å². The minimum Gasteiger partial charge on any atom is -0.338 e. The van der Waals surface area contributed by atoms with Gasteiger partial charge in [-0.05, 0) is 57.2 Å². The number of likely N-dealkylation sites (tertiary alicyclic amines) is 1. The Morgan fingerprint density at radius 1 is 1.61 bits per heavy atom. The highest BCUT2D eigenvalue weighted by Gasteiger charge is 2.30. The van der Waals surface area contributed by atoms with Crippen LogP contribution < -0.4 is 5.73 Å². The van der Waals surface area contributed by atoms with Crippen molar-refractivity contribution in [2.45, 2.75) is 19.4 Å². The number of hydrogen-bond acceptors (Lipinski definition) is 3. The molecule has 0 bridgehead atoms. The zero-order valence-corrected chi connectivity index (χ0v) is 14.7. The Hall–Kier alpha value is 0.380. The monoisotopic (exact) mass is 416 g/mol. The average Bonchev–Trinajstić information content (AvgIpc) is 2.84. The highest BCUT2D eigenvalue weighted by atomic mass is 79.9. The summed E-state index contributed by atoms with van der Waals surface area (Å²) >= 11 is 8.34. The molecule has 0 radical (unpaired) electrons. The molecule has 0 saturated carbocycles. The lowest BCUT2D eigenvalue weighted by atomic mass is 10.0. The number of nitrogens with zero attached hydrogens (tertiary/aromatic N) is 1. The first-order chi connectivity index (χ1) is 7.99. The number of thiophene rings is 1. The third kappa shape index (κ3) is 3.48. The van der Waals surface area contributed by atoms with Crippen molar-refractivity contribution >= 4 is 61.5 Å². The Labute approximate surface area is 134 Å². The highest BCUT2D eigenvalue weighted by Crippen LogP contribution is 2.33. The third-order valence-electron chi connectivity index (χ3n) is 3.14. The maximum absolute atomic E-state index is 12.3. The van der Waals surface area contributed by atoms with E-state index in [0.717, 1.165) is 32.6 Å². The van der Waals surface area contributed by atoms with E-state index in [2.05, 4.69) is 31.9 Å². The maximum atomic E-state index is 12.3. The standard InChI is InChI=1S/C11H14Br2N2OS.ClH/c1-6(14)7-2-3-15(5-7)11(16)8-4-9(12)17-10(8)13;/h4,6-7H,2-3,5,14H2,1H3;1H. The molecule has 1 aliphatic rings. The van der Waals surface area contributed by atoms with Crippen LogP contribution in [-0.4, -0.2) is 29.9 Å². The van der Waals surface area contributed by atoms with E-state index in [0.29, 0.717) is 5.92 Å². The second kappa shape index (κ2) is 6.70. The fourth-order valence-corrected chi connectivity index (χ4v) is 4.83. The summed E-state index contributed by atoms with van der Waals surface area (Å²) in [6.07, 6.45) is 1.01. The molecule has 0 aromatic carbocycles. The molecule has 1 amide bonds. The molecule has 102 valence electrons. The fourth-order valence-electron chi connectivity index (χ4n) is 2.06. The predicted molar refractivity (Wildman–Crippen MR) is 84.6 cm³/mol. The van der Waals surface area contributed by atoms with Gasteiger partial charge in [0.05, 0.1) is 13.1 Å². The van der Waals surface area contributed by atoms with Gasteiger partial charge < -0.3 is 10.6 Å². The normalized spacial score (nSPS) is 20.7. The minimum absolute atomic E-state index is 0. The smallest absolute Gasteiger partial charge is 0.255 e. The Balaban J connectivity index is 0.00000162. The molecule has 1 fully saturated rings. The number of carbonyl (C=O) groups is 1. The van der Waals surface area contributed by atoms with Crippen LogP contribution in [0.5, 0.6) is 0 Å². The van der Waals surface area contributed by atoms with Crippen LogP contribution in [0.4, 0.5) is 0 Å². The van der Waals surface area contributed by atoms with Crippen molar-refractivity contribution in [1.29, 1.82) is 0 Å². The first-order valence-electron chi connectivity index (χ1n) is 5.48. The topological polar surface area (TPSA) is 46.3 Å². The lowest BCUT2D eigenvalue weighted by Crippen LogP contribution is -2.32. The Bertz CT molecular complexity index is 439. The average molecular weight is 419 g/mol. The third-order valence-corrected chi connectivity index (χ3v) is 5.48. The molecule has 18 heavy (non-hydrogen) atoms. The quantitative estimate of drug-likeness (QED) is 0.799. The van der Waals surface area contributed by atoms with Gasteiger partial charge in [0.15, 0.2) is 0 Å². The summed E-state index contributed by atoms with van der Waals surface area (Å²) in [7, 11) is 0. The van der Waals surface area contributed by atoms with E-state index < -0.39 is 0 Å². The largest absolute Gasteiger partial charge is 0.338 e. The summed E-state index contributed by atoms with van der Waals surface area (Å²) in [5, 5.41) is 0. The first-order valence-corrected chi connectivity index (χ1v) is 7.89. The van der Waals surface area contributed by atoms with Gasteiger partial charge in [-0.3, -0.25) is 4.79 Å². The van der Waals surface area contributed by atoms with Gasteiger partial charge in [-0.15, -0.1) is 23.7 Å². The van der Waals surface area contributed by atoms with E-state index in [4.69, 9.17) is 5.73 Å². The number of amides is 1. The molecular weight excluding hydrogens is 403 g/mol. The molecule has 2 heterocycles. The van der Waals surface area contributed by atoms with Crippen LogP contribution >= 0.6 is 55.6 Å². The van der Waals surface area contributed by atoms with Gasteiger partial charge in [-0.25, -0.2) is 0 Å². The summed E-state index contributed by atoms with van der Waals surface area (Å²) in [4.78, 5) is 14.2. The lowest BCUT2D eigenvalue weighted by Gasteiger charge is -2.17. The van der Waals surface area contributed by atoms with Crippen LogP contribution in [0.3, 0.4) is 0 Å². The van der Waals surface area contributed by atoms with E-state index >= 15 is 0 Å². The molecule has 0 aliphatic carbocycles. The van der Waals surface area contributed by atoms with Crippen molar-refractivity contribution in [2.75, 3.05) is 13.1 Å². The van der Waals surface area contributed by atoms with E-state index in [1.807, 2.05) is 17.9 Å². The molecule has 2 atom stereocenters. The summed E-state index contributed by atoms with van der Waals surface area (Å²) in [6.45, 7) is 3.59. The molecule has 7 heteroatoms. The molecule has 1 aromatic heterocycles. The minimum atomic E-state index is 0.